The van der Waals surface area contributed by atoms with E-state index in [1.54, 1.807) is 6.92 Å². The molecule has 2 rings (SSSR count). The summed E-state index contributed by atoms with van der Waals surface area (Å²) >= 11 is 4.14. The number of amides is 1. The van der Waals surface area contributed by atoms with Crippen LogP contribution in [0.25, 0.3) is 0 Å². The second-order valence-electron chi connectivity index (χ2n) is 4.32. The summed E-state index contributed by atoms with van der Waals surface area (Å²) in [5.74, 6) is -0.0256. The Morgan fingerprint density at radius 1 is 1.38 bits per heavy atom. The van der Waals surface area contributed by atoms with Crippen LogP contribution in [0.15, 0.2) is 18.2 Å². The van der Waals surface area contributed by atoms with Crippen molar-refractivity contribution in [2.24, 2.45) is 0 Å². The molecule has 1 amide bonds. The van der Waals surface area contributed by atoms with Gasteiger partial charge in [0.2, 0.25) is 5.91 Å². The zero-order valence-electron chi connectivity index (χ0n) is 9.49. The molecule has 1 aliphatic carbocycles. The summed E-state index contributed by atoms with van der Waals surface area (Å²) in [4.78, 5) is 11.6. The third-order valence-electron chi connectivity index (χ3n) is 3.03. The average molecular weight is 235 g/mol. The lowest BCUT2D eigenvalue weighted by atomic mass is 9.90. The molecule has 0 bridgehead atoms. The molecule has 1 aromatic carbocycles. The molecule has 0 spiro atoms. The molecule has 16 heavy (non-hydrogen) atoms. The van der Waals surface area contributed by atoms with Gasteiger partial charge in [0.1, 0.15) is 0 Å². The van der Waals surface area contributed by atoms with E-state index in [4.69, 9.17) is 0 Å². The van der Waals surface area contributed by atoms with E-state index < -0.39 is 0 Å². The Kier molecular flexibility index (Phi) is 3.54. The topological polar surface area (TPSA) is 29.1 Å². The molecule has 0 saturated heterocycles. The van der Waals surface area contributed by atoms with Gasteiger partial charge in [-0.05, 0) is 49.8 Å². The van der Waals surface area contributed by atoms with E-state index in [0.717, 1.165) is 18.5 Å². The predicted octanol–water partition coefficient (Wildman–Crippen LogP) is 2.82. The van der Waals surface area contributed by atoms with Crippen molar-refractivity contribution in [1.29, 1.82) is 0 Å². The van der Waals surface area contributed by atoms with Crippen LogP contribution in [0.3, 0.4) is 0 Å². The number of hydrogen-bond donors (Lipinski definition) is 2. The summed E-state index contributed by atoms with van der Waals surface area (Å²) in [6, 6.07) is 6.16. The second-order valence-corrected chi connectivity index (χ2v) is 5.09. The van der Waals surface area contributed by atoms with E-state index in [0.29, 0.717) is 0 Å². The van der Waals surface area contributed by atoms with Gasteiger partial charge in [0.25, 0.3) is 0 Å². The second kappa shape index (κ2) is 4.91. The Hall–Kier alpha value is -0.960. The van der Waals surface area contributed by atoms with E-state index in [1.807, 2.05) is 12.1 Å². The fraction of sp³-hybridized carbons (Fsp3) is 0.462. The summed E-state index contributed by atoms with van der Waals surface area (Å²) in [6.45, 7) is 1.79. The Morgan fingerprint density at radius 3 is 2.88 bits per heavy atom. The van der Waals surface area contributed by atoms with Gasteiger partial charge in [0, 0.05) is 5.69 Å². The summed E-state index contributed by atoms with van der Waals surface area (Å²) in [6.07, 6.45) is 4.69. The minimum absolute atomic E-state index is 0.0256. The molecule has 86 valence electrons. The molecule has 0 heterocycles. The quantitative estimate of drug-likeness (QED) is 0.758. The molecule has 0 radical (unpaired) electrons. The SMILES string of the molecule is CC(S)C(=O)Nc1cccc2c1CCCC2. The molecular weight excluding hydrogens is 218 g/mol. The minimum Gasteiger partial charge on any atom is -0.325 e. The van der Waals surface area contributed by atoms with Crippen LogP contribution in [0, 0.1) is 0 Å². The number of fused-ring (bicyclic) bond motifs is 1. The Bertz CT molecular complexity index is 401. The highest BCUT2D eigenvalue weighted by atomic mass is 32.1. The van der Waals surface area contributed by atoms with Gasteiger partial charge >= 0.3 is 0 Å². The fourth-order valence-electron chi connectivity index (χ4n) is 2.14. The van der Waals surface area contributed by atoms with E-state index in [-0.39, 0.29) is 11.2 Å². The molecule has 1 aliphatic rings. The third-order valence-corrected chi connectivity index (χ3v) is 3.27. The first-order valence-corrected chi connectivity index (χ1v) is 6.30. The number of benzene rings is 1. The molecule has 0 saturated carbocycles. The van der Waals surface area contributed by atoms with E-state index in [1.165, 1.54) is 24.0 Å². The maximum Gasteiger partial charge on any atom is 0.236 e. The predicted molar refractivity (Wildman–Crippen MR) is 70.2 cm³/mol. The summed E-state index contributed by atoms with van der Waals surface area (Å²) in [5.41, 5.74) is 3.68. The van der Waals surface area contributed by atoms with E-state index >= 15 is 0 Å². The number of rotatable bonds is 2. The highest BCUT2D eigenvalue weighted by Gasteiger charge is 2.15. The number of carbonyl (C=O) groups excluding carboxylic acids is 1. The first kappa shape index (κ1) is 11.5. The highest BCUT2D eigenvalue weighted by molar-refractivity contribution is 7.81. The largest absolute Gasteiger partial charge is 0.325 e. The summed E-state index contributed by atoms with van der Waals surface area (Å²) in [5, 5.41) is 2.69. The Labute approximate surface area is 102 Å². The van der Waals surface area contributed by atoms with Gasteiger partial charge in [-0.15, -0.1) is 0 Å². The van der Waals surface area contributed by atoms with Crippen molar-refractivity contribution >= 4 is 24.2 Å². The number of thiol groups is 1. The van der Waals surface area contributed by atoms with Crippen molar-refractivity contribution in [3.05, 3.63) is 29.3 Å². The highest BCUT2D eigenvalue weighted by Crippen LogP contribution is 2.27. The van der Waals surface area contributed by atoms with Crippen molar-refractivity contribution in [1.82, 2.24) is 0 Å². The summed E-state index contributed by atoms with van der Waals surface area (Å²) < 4.78 is 0. The van der Waals surface area contributed by atoms with Gasteiger partial charge in [-0.25, -0.2) is 0 Å². The summed E-state index contributed by atoms with van der Waals surface area (Å²) in [7, 11) is 0. The van der Waals surface area contributed by atoms with Gasteiger partial charge in [-0.3, -0.25) is 4.79 Å². The lowest BCUT2D eigenvalue weighted by Crippen LogP contribution is -2.22. The molecule has 0 aliphatic heterocycles. The Balaban J connectivity index is 2.24. The van der Waals surface area contributed by atoms with Crippen LogP contribution < -0.4 is 5.32 Å². The fourth-order valence-corrected chi connectivity index (χ4v) is 2.20. The van der Waals surface area contributed by atoms with E-state index in [2.05, 4.69) is 24.0 Å². The molecule has 3 heteroatoms. The molecule has 1 aromatic rings. The molecule has 0 aromatic heterocycles. The minimum atomic E-state index is -0.264. The van der Waals surface area contributed by atoms with Crippen molar-refractivity contribution in [2.45, 2.75) is 37.9 Å². The van der Waals surface area contributed by atoms with Crippen LogP contribution in [-0.2, 0) is 17.6 Å². The maximum absolute atomic E-state index is 11.6. The molecule has 1 N–H and O–H groups in total. The zero-order chi connectivity index (χ0) is 11.5. The van der Waals surface area contributed by atoms with Crippen molar-refractivity contribution in [3.8, 4) is 0 Å². The zero-order valence-corrected chi connectivity index (χ0v) is 10.4. The lowest BCUT2D eigenvalue weighted by molar-refractivity contribution is -0.115. The van der Waals surface area contributed by atoms with Gasteiger partial charge < -0.3 is 5.32 Å². The Morgan fingerprint density at radius 2 is 2.12 bits per heavy atom. The van der Waals surface area contributed by atoms with Crippen LogP contribution >= 0.6 is 12.6 Å². The van der Waals surface area contributed by atoms with Crippen molar-refractivity contribution in [2.75, 3.05) is 5.32 Å². The first-order valence-electron chi connectivity index (χ1n) is 5.78. The van der Waals surface area contributed by atoms with Gasteiger partial charge in [0.05, 0.1) is 5.25 Å². The van der Waals surface area contributed by atoms with Crippen LogP contribution in [0.4, 0.5) is 5.69 Å². The molecule has 0 fully saturated rings. The normalized spacial score (nSPS) is 16.4. The molecular formula is C13H17NOS. The van der Waals surface area contributed by atoms with Crippen molar-refractivity contribution in [3.63, 3.8) is 0 Å². The maximum atomic E-state index is 11.6. The standard InChI is InChI=1S/C13H17NOS/c1-9(16)13(15)14-12-8-4-6-10-5-2-3-7-11(10)12/h4,6,8-9,16H,2-3,5,7H2,1H3,(H,14,15). The third kappa shape index (κ3) is 2.40. The van der Waals surface area contributed by atoms with Gasteiger partial charge in [-0.1, -0.05) is 12.1 Å². The molecule has 1 atom stereocenters. The number of hydrogen-bond acceptors (Lipinski definition) is 2. The van der Waals surface area contributed by atoms with E-state index in [9.17, 15) is 4.79 Å². The average Bonchev–Trinajstić information content (AvgIpc) is 2.29. The lowest BCUT2D eigenvalue weighted by Gasteiger charge is -2.20. The number of aryl methyl sites for hydroxylation is 1. The first-order chi connectivity index (χ1) is 7.68. The monoisotopic (exact) mass is 235 g/mol. The van der Waals surface area contributed by atoms with Crippen LogP contribution in [0.2, 0.25) is 0 Å². The smallest absolute Gasteiger partial charge is 0.236 e. The van der Waals surface area contributed by atoms with Gasteiger partial charge in [-0.2, -0.15) is 12.6 Å². The number of carbonyl (C=O) groups is 1. The van der Waals surface area contributed by atoms with Crippen LogP contribution in [0.5, 0.6) is 0 Å². The molecule has 2 nitrogen and oxygen atoms in total. The van der Waals surface area contributed by atoms with Gasteiger partial charge in [0.15, 0.2) is 0 Å². The van der Waals surface area contributed by atoms with Crippen LogP contribution in [0.1, 0.15) is 30.9 Å². The molecule has 1 unspecified atom stereocenters. The van der Waals surface area contributed by atoms with Crippen LogP contribution in [-0.4, -0.2) is 11.2 Å². The van der Waals surface area contributed by atoms with Crippen molar-refractivity contribution < 1.29 is 4.79 Å². The number of nitrogens with one attached hydrogen (secondary N) is 1. The number of anilines is 1.